The number of phenols is 1. The summed E-state index contributed by atoms with van der Waals surface area (Å²) in [6, 6.07) is 19.5. The maximum absolute atomic E-state index is 12.3. The van der Waals surface area contributed by atoms with E-state index in [0.29, 0.717) is 33.8 Å². The number of benzene rings is 3. The lowest BCUT2D eigenvalue weighted by atomic mass is 10.1. The fourth-order valence-corrected chi connectivity index (χ4v) is 3.15. The molecule has 7 heteroatoms. The zero-order chi connectivity index (χ0) is 20.4. The first-order valence-electron chi connectivity index (χ1n) is 8.88. The molecule has 29 heavy (non-hydrogen) atoms. The third kappa shape index (κ3) is 3.95. The number of nitrogens with zero attached hydrogens (tertiary/aromatic N) is 1. The van der Waals surface area contributed by atoms with Crippen molar-refractivity contribution in [1.29, 1.82) is 0 Å². The topological polar surface area (TPSA) is 87.4 Å². The Morgan fingerprint density at radius 1 is 1.07 bits per heavy atom. The molecule has 0 aliphatic heterocycles. The van der Waals surface area contributed by atoms with Gasteiger partial charge in [0.25, 0.3) is 5.91 Å². The predicted octanol–water partition coefficient (Wildman–Crippen LogP) is 4.64. The van der Waals surface area contributed by atoms with Gasteiger partial charge in [-0.1, -0.05) is 30.3 Å². The molecule has 0 fully saturated rings. The molecule has 0 spiro atoms. The number of hydrogen-bond acceptors (Lipinski definition) is 5. The second-order valence-electron chi connectivity index (χ2n) is 6.44. The number of fused-ring (bicyclic) bond motifs is 1. The van der Waals surface area contributed by atoms with E-state index in [1.807, 2.05) is 43.3 Å². The number of aryl methyl sites for hydroxylation is 1. The van der Waals surface area contributed by atoms with E-state index in [1.54, 1.807) is 24.3 Å². The number of oxazole rings is 1. The highest BCUT2D eigenvalue weighted by atomic mass is 32.1. The molecule has 0 aliphatic rings. The largest absolute Gasteiger partial charge is 0.507 e. The van der Waals surface area contributed by atoms with Gasteiger partial charge in [0.2, 0.25) is 5.89 Å². The van der Waals surface area contributed by atoms with E-state index < -0.39 is 0 Å². The molecular formula is C22H17N3O3S. The minimum absolute atomic E-state index is 0.0189. The number of phenolic OH excluding ortho intramolecular Hbond substituents is 1. The number of carbonyl (C=O) groups excluding carboxylic acids is 1. The molecule has 0 bridgehead atoms. The fraction of sp³-hybridized carbons (Fsp3) is 0.0455. The summed E-state index contributed by atoms with van der Waals surface area (Å²) >= 11 is 5.21. The van der Waals surface area contributed by atoms with Crippen LogP contribution in [0.3, 0.4) is 0 Å². The van der Waals surface area contributed by atoms with Gasteiger partial charge in [0, 0.05) is 17.3 Å². The second kappa shape index (κ2) is 7.73. The molecule has 4 aromatic rings. The summed E-state index contributed by atoms with van der Waals surface area (Å²) in [5.41, 5.74) is 3.74. The van der Waals surface area contributed by atoms with Gasteiger partial charge < -0.3 is 14.8 Å². The lowest BCUT2D eigenvalue weighted by molar-refractivity contribution is 0.0977. The maximum atomic E-state index is 12.3. The monoisotopic (exact) mass is 403 g/mol. The van der Waals surface area contributed by atoms with E-state index in [4.69, 9.17) is 16.6 Å². The number of para-hydroxylation sites is 2. The lowest BCUT2D eigenvalue weighted by Crippen LogP contribution is -2.34. The number of anilines is 1. The number of rotatable bonds is 3. The Hall–Kier alpha value is -3.71. The van der Waals surface area contributed by atoms with Crippen molar-refractivity contribution in [3.8, 4) is 17.2 Å². The quantitative estimate of drug-likeness (QED) is 0.432. The van der Waals surface area contributed by atoms with E-state index in [0.717, 1.165) is 5.56 Å². The van der Waals surface area contributed by atoms with Crippen molar-refractivity contribution in [3.05, 3.63) is 77.9 Å². The van der Waals surface area contributed by atoms with Crippen molar-refractivity contribution in [2.24, 2.45) is 0 Å². The van der Waals surface area contributed by atoms with Gasteiger partial charge in [-0.05, 0) is 55.0 Å². The van der Waals surface area contributed by atoms with Crippen LogP contribution in [0.25, 0.3) is 22.6 Å². The zero-order valence-corrected chi connectivity index (χ0v) is 16.3. The van der Waals surface area contributed by atoms with Crippen LogP contribution >= 0.6 is 12.2 Å². The molecule has 1 amide bonds. The van der Waals surface area contributed by atoms with Crippen LogP contribution in [0.1, 0.15) is 15.9 Å². The van der Waals surface area contributed by atoms with Gasteiger partial charge in [0.15, 0.2) is 10.7 Å². The molecule has 0 aliphatic carbocycles. The smallest absolute Gasteiger partial charge is 0.257 e. The Balaban J connectivity index is 1.48. The van der Waals surface area contributed by atoms with Gasteiger partial charge in [-0.3, -0.25) is 10.1 Å². The summed E-state index contributed by atoms with van der Waals surface area (Å²) < 4.78 is 5.69. The normalized spacial score (nSPS) is 10.7. The molecule has 3 aromatic carbocycles. The maximum Gasteiger partial charge on any atom is 0.257 e. The molecule has 0 saturated heterocycles. The van der Waals surface area contributed by atoms with E-state index in [-0.39, 0.29) is 16.8 Å². The first kappa shape index (κ1) is 18.6. The number of nitrogens with one attached hydrogen (secondary N) is 2. The summed E-state index contributed by atoms with van der Waals surface area (Å²) in [5.74, 6) is 0.00758. The van der Waals surface area contributed by atoms with Crippen molar-refractivity contribution in [1.82, 2.24) is 10.3 Å². The van der Waals surface area contributed by atoms with Gasteiger partial charge in [0.1, 0.15) is 11.3 Å². The number of carbonyl (C=O) groups is 1. The van der Waals surface area contributed by atoms with E-state index in [9.17, 15) is 9.90 Å². The Morgan fingerprint density at radius 3 is 2.59 bits per heavy atom. The van der Waals surface area contributed by atoms with Crippen molar-refractivity contribution in [3.63, 3.8) is 0 Å². The first-order valence-corrected chi connectivity index (χ1v) is 9.29. The van der Waals surface area contributed by atoms with E-state index in [1.165, 1.54) is 6.07 Å². The molecule has 0 saturated carbocycles. The molecule has 0 unspecified atom stereocenters. The van der Waals surface area contributed by atoms with Crippen molar-refractivity contribution in [2.75, 3.05) is 5.32 Å². The zero-order valence-electron chi connectivity index (χ0n) is 15.5. The van der Waals surface area contributed by atoms with Crippen LogP contribution in [-0.4, -0.2) is 21.1 Å². The molecule has 3 N–H and O–H groups in total. The number of hydrogen-bond donors (Lipinski definition) is 3. The van der Waals surface area contributed by atoms with Crippen molar-refractivity contribution < 1.29 is 14.3 Å². The molecule has 144 valence electrons. The first-order chi connectivity index (χ1) is 14.0. The molecule has 1 heterocycles. The molecule has 0 atom stereocenters. The highest BCUT2D eigenvalue weighted by Gasteiger charge is 2.14. The second-order valence-corrected chi connectivity index (χ2v) is 6.85. The molecule has 6 nitrogen and oxygen atoms in total. The summed E-state index contributed by atoms with van der Waals surface area (Å²) in [6.07, 6.45) is 0. The standard InChI is InChI=1S/C22H17N3O3S/c1-13-6-2-3-7-15(13)20(27)25-22(29)23-14-10-11-16(18(26)12-14)21-24-17-8-4-5-9-19(17)28-21/h2-12,26H,1H3,(H2,23,25,27,29). The van der Waals surface area contributed by atoms with E-state index >= 15 is 0 Å². The van der Waals surface area contributed by atoms with Gasteiger partial charge in [-0.2, -0.15) is 0 Å². The van der Waals surface area contributed by atoms with Gasteiger partial charge >= 0.3 is 0 Å². The van der Waals surface area contributed by atoms with Crippen LogP contribution in [-0.2, 0) is 0 Å². The number of aromatic nitrogens is 1. The van der Waals surface area contributed by atoms with Crippen LogP contribution in [0.5, 0.6) is 5.75 Å². The summed E-state index contributed by atoms with van der Waals surface area (Å²) in [5, 5.41) is 16.1. The molecule has 1 aromatic heterocycles. The molecule has 4 rings (SSSR count). The molecular weight excluding hydrogens is 386 g/mol. The minimum Gasteiger partial charge on any atom is -0.507 e. The summed E-state index contributed by atoms with van der Waals surface area (Å²) in [4.78, 5) is 16.7. The highest BCUT2D eigenvalue weighted by molar-refractivity contribution is 7.80. The number of aromatic hydroxyl groups is 1. The van der Waals surface area contributed by atoms with Crippen molar-refractivity contribution in [2.45, 2.75) is 6.92 Å². The van der Waals surface area contributed by atoms with Crippen molar-refractivity contribution >= 4 is 40.0 Å². The Bertz CT molecular complexity index is 1200. The van der Waals surface area contributed by atoms with Crippen LogP contribution in [0.15, 0.2) is 71.1 Å². The Kier molecular flexibility index (Phi) is 4.97. The SMILES string of the molecule is Cc1ccccc1C(=O)NC(=S)Nc1ccc(-c2nc3ccccc3o2)c(O)c1. The average Bonchev–Trinajstić information content (AvgIpc) is 3.12. The lowest BCUT2D eigenvalue weighted by Gasteiger charge is -2.11. The summed E-state index contributed by atoms with van der Waals surface area (Å²) in [6.45, 7) is 1.86. The predicted molar refractivity (Wildman–Crippen MR) is 116 cm³/mol. The highest BCUT2D eigenvalue weighted by Crippen LogP contribution is 2.33. The molecule has 0 radical (unpaired) electrons. The Labute approximate surface area is 172 Å². The number of thiocarbonyl (C=S) groups is 1. The minimum atomic E-state index is -0.298. The van der Waals surface area contributed by atoms with Crippen LogP contribution in [0.4, 0.5) is 5.69 Å². The third-order valence-corrected chi connectivity index (χ3v) is 4.60. The van der Waals surface area contributed by atoms with Gasteiger partial charge in [-0.15, -0.1) is 0 Å². The van der Waals surface area contributed by atoms with Gasteiger partial charge in [0.05, 0.1) is 5.56 Å². The van der Waals surface area contributed by atoms with E-state index in [2.05, 4.69) is 15.6 Å². The van der Waals surface area contributed by atoms with Crippen LogP contribution in [0, 0.1) is 6.92 Å². The average molecular weight is 403 g/mol. The number of amides is 1. The van der Waals surface area contributed by atoms with Crippen LogP contribution < -0.4 is 10.6 Å². The Morgan fingerprint density at radius 2 is 1.83 bits per heavy atom. The van der Waals surface area contributed by atoms with Gasteiger partial charge in [-0.25, -0.2) is 4.98 Å². The fourth-order valence-electron chi connectivity index (χ4n) is 2.94. The van der Waals surface area contributed by atoms with Crippen LogP contribution in [0.2, 0.25) is 0 Å². The summed E-state index contributed by atoms with van der Waals surface area (Å²) in [7, 11) is 0. The third-order valence-electron chi connectivity index (χ3n) is 4.40.